The monoisotopic (exact) mass is 270 g/mol. The molecule has 0 radical (unpaired) electrons. The van der Waals surface area contributed by atoms with Crippen LogP contribution in [0.4, 0.5) is 0 Å². The lowest BCUT2D eigenvalue weighted by Crippen LogP contribution is -2.55. The second kappa shape index (κ2) is 7.05. The maximum atomic E-state index is 9.72. The summed E-state index contributed by atoms with van der Waals surface area (Å²) < 4.78 is 0. The first-order valence-electron chi connectivity index (χ1n) is 7.91. The van der Waals surface area contributed by atoms with Crippen molar-refractivity contribution in [2.45, 2.75) is 84.5 Å². The first-order chi connectivity index (χ1) is 8.77. The van der Waals surface area contributed by atoms with Crippen LogP contribution in [0.15, 0.2) is 0 Å². The molecule has 1 saturated heterocycles. The van der Waals surface area contributed by atoms with E-state index in [1.165, 1.54) is 19.4 Å². The highest BCUT2D eigenvalue weighted by Gasteiger charge is 2.32. The van der Waals surface area contributed by atoms with Crippen LogP contribution in [-0.4, -0.2) is 46.8 Å². The van der Waals surface area contributed by atoms with E-state index in [4.69, 9.17) is 0 Å². The number of hydrogen-bond acceptors (Lipinski definition) is 3. The predicted octanol–water partition coefficient (Wildman–Crippen LogP) is 2.63. The van der Waals surface area contributed by atoms with Crippen LogP contribution >= 0.6 is 0 Å². The summed E-state index contributed by atoms with van der Waals surface area (Å²) in [5.41, 5.74) is -0.173. The van der Waals surface area contributed by atoms with E-state index in [0.717, 1.165) is 12.3 Å². The van der Waals surface area contributed by atoms with Crippen molar-refractivity contribution in [3.05, 3.63) is 0 Å². The molecule has 1 rings (SSSR count). The fraction of sp³-hybridized carbons (Fsp3) is 1.00. The molecule has 0 aromatic rings. The molecule has 0 saturated carbocycles. The van der Waals surface area contributed by atoms with E-state index in [2.05, 4.69) is 51.8 Å². The van der Waals surface area contributed by atoms with E-state index < -0.39 is 0 Å². The molecule has 1 fully saturated rings. The van der Waals surface area contributed by atoms with Gasteiger partial charge in [0.15, 0.2) is 0 Å². The van der Waals surface area contributed by atoms with Gasteiger partial charge in [-0.3, -0.25) is 4.90 Å². The molecule has 3 heteroatoms. The Balaban J connectivity index is 2.62. The Morgan fingerprint density at radius 3 is 2.42 bits per heavy atom. The molecule has 3 nitrogen and oxygen atoms in total. The number of aliphatic hydroxyl groups is 1. The summed E-state index contributed by atoms with van der Waals surface area (Å²) >= 11 is 0. The molecule has 0 aromatic carbocycles. The lowest BCUT2D eigenvalue weighted by molar-refractivity contribution is 0.0517. The first-order valence-corrected chi connectivity index (χ1v) is 7.91. The van der Waals surface area contributed by atoms with Gasteiger partial charge in [-0.25, -0.2) is 0 Å². The summed E-state index contributed by atoms with van der Waals surface area (Å²) in [6, 6.07) is 1.59. The van der Waals surface area contributed by atoms with Crippen molar-refractivity contribution >= 4 is 0 Å². The largest absolute Gasteiger partial charge is 0.394 e. The van der Waals surface area contributed by atoms with Gasteiger partial charge in [-0.05, 0) is 46.0 Å². The number of nitrogens with one attached hydrogen (secondary N) is 1. The van der Waals surface area contributed by atoms with Crippen LogP contribution in [0.2, 0.25) is 0 Å². The van der Waals surface area contributed by atoms with Gasteiger partial charge < -0.3 is 10.4 Å². The van der Waals surface area contributed by atoms with Crippen molar-refractivity contribution in [1.29, 1.82) is 0 Å². The van der Waals surface area contributed by atoms with Gasteiger partial charge in [0.05, 0.1) is 6.61 Å². The lowest BCUT2D eigenvalue weighted by atomic mass is 9.88. The Morgan fingerprint density at radius 2 is 1.89 bits per heavy atom. The van der Waals surface area contributed by atoms with E-state index in [0.29, 0.717) is 18.1 Å². The van der Waals surface area contributed by atoms with Crippen LogP contribution in [0.3, 0.4) is 0 Å². The van der Waals surface area contributed by atoms with Gasteiger partial charge in [0.2, 0.25) is 0 Å². The normalized spacial score (nSPS) is 30.3. The zero-order valence-corrected chi connectivity index (χ0v) is 13.7. The van der Waals surface area contributed by atoms with Crippen molar-refractivity contribution in [2.75, 3.05) is 13.2 Å². The number of aliphatic hydroxyl groups excluding tert-OH is 1. The van der Waals surface area contributed by atoms with Gasteiger partial charge in [-0.2, -0.15) is 0 Å². The molecule has 1 aliphatic heterocycles. The SMILES string of the molecule is CC1CCC(C)N(C(C)CC(C)(CO)NC(C)C)C1. The fourth-order valence-electron chi connectivity index (χ4n) is 3.57. The molecule has 1 aliphatic rings. The number of hydrogen-bond donors (Lipinski definition) is 2. The third-order valence-corrected chi connectivity index (χ3v) is 4.46. The zero-order chi connectivity index (χ0) is 14.6. The molecule has 0 spiro atoms. The summed E-state index contributed by atoms with van der Waals surface area (Å²) in [7, 11) is 0. The van der Waals surface area contributed by atoms with E-state index in [1.807, 2.05) is 0 Å². The molecule has 4 atom stereocenters. The van der Waals surface area contributed by atoms with E-state index in [-0.39, 0.29) is 12.1 Å². The van der Waals surface area contributed by atoms with E-state index in [9.17, 15) is 5.11 Å². The molecule has 19 heavy (non-hydrogen) atoms. The van der Waals surface area contributed by atoms with Crippen LogP contribution in [0, 0.1) is 5.92 Å². The summed E-state index contributed by atoms with van der Waals surface area (Å²) in [5.74, 6) is 0.803. The smallest absolute Gasteiger partial charge is 0.0611 e. The molecule has 1 heterocycles. The topological polar surface area (TPSA) is 35.5 Å². The minimum atomic E-state index is -0.173. The highest BCUT2D eigenvalue weighted by atomic mass is 16.3. The lowest BCUT2D eigenvalue weighted by Gasteiger charge is -2.44. The quantitative estimate of drug-likeness (QED) is 0.779. The van der Waals surface area contributed by atoms with Crippen molar-refractivity contribution in [2.24, 2.45) is 5.92 Å². The number of rotatable bonds is 6. The summed E-state index contributed by atoms with van der Waals surface area (Å²) in [6.45, 7) is 14.8. The molecule has 4 unspecified atom stereocenters. The average Bonchev–Trinajstić information content (AvgIpc) is 2.31. The Kier molecular flexibility index (Phi) is 6.28. The fourth-order valence-corrected chi connectivity index (χ4v) is 3.57. The van der Waals surface area contributed by atoms with Crippen LogP contribution in [0.5, 0.6) is 0 Å². The molecule has 0 bridgehead atoms. The molecule has 114 valence electrons. The van der Waals surface area contributed by atoms with Crippen molar-refractivity contribution < 1.29 is 5.11 Å². The molecule has 2 N–H and O–H groups in total. The average molecular weight is 270 g/mol. The molecular weight excluding hydrogens is 236 g/mol. The molecule has 0 aliphatic carbocycles. The van der Waals surface area contributed by atoms with E-state index >= 15 is 0 Å². The van der Waals surface area contributed by atoms with Crippen LogP contribution in [0.25, 0.3) is 0 Å². The van der Waals surface area contributed by atoms with Gasteiger partial charge in [0.1, 0.15) is 0 Å². The Bertz CT molecular complexity index is 269. The van der Waals surface area contributed by atoms with Crippen LogP contribution in [-0.2, 0) is 0 Å². The van der Waals surface area contributed by atoms with Crippen molar-refractivity contribution in [3.8, 4) is 0 Å². The van der Waals surface area contributed by atoms with Crippen LogP contribution < -0.4 is 5.32 Å². The third kappa shape index (κ3) is 5.05. The number of piperidine rings is 1. The molecule has 0 aromatic heterocycles. The van der Waals surface area contributed by atoms with Crippen LogP contribution in [0.1, 0.15) is 60.8 Å². The Morgan fingerprint density at radius 1 is 1.26 bits per heavy atom. The van der Waals surface area contributed by atoms with Gasteiger partial charge >= 0.3 is 0 Å². The zero-order valence-electron chi connectivity index (χ0n) is 13.7. The van der Waals surface area contributed by atoms with Gasteiger partial charge in [0.25, 0.3) is 0 Å². The minimum absolute atomic E-state index is 0.173. The first kappa shape index (κ1) is 16.9. The molecular formula is C16H34N2O. The van der Waals surface area contributed by atoms with Crippen molar-refractivity contribution in [1.82, 2.24) is 10.2 Å². The maximum Gasteiger partial charge on any atom is 0.0611 e. The van der Waals surface area contributed by atoms with Crippen molar-refractivity contribution in [3.63, 3.8) is 0 Å². The number of likely N-dealkylation sites (tertiary alicyclic amines) is 1. The van der Waals surface area contributed by atoms with Gasteiger partial charge in [0, 0.05) is 30.2 Å². The molecule has 0 amide bonds. The second-order valence-corrected chi connectivity index (χ2v) is 7.30. The van der Waals surface area contributed by atoms with Gasteiger partial charge in [-0.15, -0.1) is 0 Å². The third-order valence-electron chi connectivity index (χ3n) is 4.46. The highest BCUT2D eigenvalue weighted by Crippen LogP contribution is 2.26. The minimum Gasteiger partial charge on any atom is -0.394 e. The summed E-state index contributed by atoms with van der Waals surface area (Å²) in [4.78, 5) is 2.63. The summed E-state index contributed by atoms with van der Waals surface area (Å²) in [6.07, 6.45) is 3.66. The van der Waals surface area contributed by atoms with Gasteiger partial charge in [-0.1, -0.05) is 20.8 Å². The Hall–Kier alpha value is -0.120. The standard InChI is InChI=1S/C16H34N2O/c1-12(2)17-16(6,11-19)9-15(5)18-10-13(3)7-8-14(18)4/h12-15,17,19H,7-11H2,1-6H3. The number of nitrogens with zero attached hydrogens (tertiary/aromatic N) is 1. The summed E-state index contributed by atoms with van der Waals surface area (Å²) in [5, 5.41) is 13.2. The highest BCUT2D eigenvalue weighted by molar-refractivity contribution is 4.90. The Labute approximate surface area is 119 Å². The second-order valence-electron chi connectivity index (χ2n) is 7.30. The predicted molar refractivity (Wildman–Crippen MR) is 82.4 cm³/mol. The van der Waals surface area contributed by atoms with E-state index in [1.54, 1.807) is 0 Å². The maximum absolute atomic E-state index is 9.72.